The van der Waals surface area contributed by atoms with Gasteiger partial charge in [0.15, 0.2) is 0 Å². The van der Waals surface area contributed by atoms with E-state index in [4.69, 9.17) is 0 Å². The van der Waals surface area contributed by atoms with E-state index in [9.17, 15) is 13.2 Å². The van der Waals surface area contributed by atoms with Crippen molar-refractivity contribution in [3.63, 3.8) is 0 Å². The molecule has 0 N–H and O–H groups in total. The quantitative estimate of drug-likeness (QED) is 0.559. The molecule has 1 aliphatic rings. The Balaban J connectivity index is 1.51. The number of thioether (sulfide) groups is 1. The Morgan fingerprint density at radius 2 is 1.80 bits per heavy atom. The van der Waals surface area contributed by atoms with Crippen LogP contribution >= 0.6 is 11.8 Å². The molecule has 0 spiro atoms. The Hall–Kier alpha value is -2.35. The molecule has 5 nitrogen and oxygen atoms in total. The minimum Gasteiger partial charge on any atom is -0.311 e. The van der Waals surface area contributed by atoms with Gasteiger partial charge in [-0.2, -0.15) is 0 Å². The van der Waals surface area contributed by atoms with Crippen LogP contribution in [0, 0.1) is 0 Å². The van der Waals surface area contributed by atoms with E-state index in [1.807, 2.05) is 18.2 Å². The highest BCUT2D eigenvalue weighted by molar-refractivity contribution is 8.00. The van der Waals surface area contributed by atoms with Crippen LogP contribution in [0.5, 0.6) is 0 Å². The Kier molecular flexibility index (Phi) is 5.86. The van der Waals surface area contributed by atoms with Gasteiger partial charge in [0.25, 0.3) is 0 Å². The summed E-state index contributed by atoms with van der Waals surface area (Å²) >= 11 is 1.53. The number of carbonyl (C=O) groups excluding carboxylic acids is 1. The summed E-state index contributed by atoms with van der Waals surface area (Å²) in [4.78, 5) is 16.1. The number of hydrogen-bond donors (Lipinski definition) is 0. The van der Waals surface area contributed by atoms with E-state index in [-0.39, 0.29) is 10.8 Å². The predicted molar refractivity (Wildman–Crippen MR) is 123 cm³/mol. The van der Waals surface area contributed by atoms with E-state index in [1.54, 1.807) is 23.1 Å². The molecule has 1 amide bonds. The van der Waals surface area contributed by atoms with Crippen LogP contribution in [0.25, 0.3) is 10.8 Å². The summed E-state index contributed by atoms with van der Waals surface area (Å²) in [6.45, 7) is 0.657. The molecule has 4 rings (SSSR count). The van der Waals surface area contributed by atoms with Gasteiger partial charge in [0.2, 0.25) is 15.9 Å². The lowest BCUT2D eigenvalue weighted by Crippen LogP contribution is -2.36. The summed E-state index contributed by atoms with van der Waals surface area (Å²) in [5, 5.41) is 2.34. The lowest BCUT2D eigenvalue weighted by Gasteiger charge is -2.30. The first-order valence-corrected chi connectivity index (χ1v) is 12.3. The molecule has 0 aromatic heterocycles. The van der Waals surface area contributed by atoms with Crippen LogP contribution in [0.2, 0.25) is 0 Å². The van der Waals surface area contributed by atoms with Crippen LogP contribution in [0.3, 0.4) is 0 Å². The molecule has 30 heavy (non-hydrogen) atoms. The minimum absolute atomic E-state index is 0.0392. The average molecular weight is 441 g/mol. The van der Waals surface area contributed by atoms with Crippen molar-refractivity contribution in [2.24, 2.45) is 0 Å². The number of aryl methyl sites for hydroxylation is 1. The molecule has 1 aliphatic heterocycles. The van der Waals surface area contributed by atoms with Crippen molar-refractivity contribution in [1.29, 1.82) is 0 Å². The zero-order valence-electron chi connectivity index (χ0n) is 17.0. The Bertz CT molecular complexity index is 1210. The summed E-state index contributed by atoms with van der Waals surface area (Å²) in [5.74, 6) is 0.382. The van der Waals surface area contributed by atoms with Gasteiger partial charge in [-0.1, -0.05) is 30.3 Å². The van der Waals surface area contributed by atoms with Gasteiger partial charge in [-0.25, -0.2) is 12.7 Å². The number of fused-ring (bicyclic) bond motifs is 2. The van der Waals surface area contributed by atoms with E-state index in [1.165, 1.54) is 35.5 Å². The second kappa shape index (κ2) is 8.41. The largest absolute Gasteiger partial charge is 0.311 e. The third kappa shape index (κ3) is 4.10. The number of amides is 1. The van der Waals surface area contributed by atoms with Crippen molar-refractivity contribution in [3.05, 3.63) is 66.2 Å². The van der Waals surface area contributed by atoms with Crippen LogP contribution in [0.1, 0.15) is 12.0 Å². The number of rotatable bonds is 5. The SMILES string of the molecule is CN(C)S(=O)(=O)c1ccc2c(c1)CCCN2C(=O)CSc1ccc2ccccc2c1. The molecular formula is C23H24N2O3S2. The van der Waals surface area contributed by atoms with Crippen LogP contribution in [-0.2, 0) is 21.2 Å². The third-order valence-electron chi connectivity index (χ3n) is 5.33. The average Bonchev–Trinajstić information content (AvgIpc) is 2.76. The van der Waals surface area contributed by atoms with Gasteiger partial charge in [0, 0.05) is 31.2 Å². The van der Waals surface area contributed by atoms with Crippen molar-refractivity contribution in [2.45, 2.75) is 22.6 Å². The standard InChI is InChI=1S/C23H24N2O3S2/c1-24(2)30(27,28)21-11-12-22-19(15-21)8-5-13-25(22)23(26)16-29-20-10-9-17-6-3-4-7-18(17)14-20/h3-4,6-7,9-12,14-15H,5,8,13,16H2,1-2H3. The highest BCUT2D eigenvalue weighted by Gasteiger charge is 2.25. The van der Waals surface area contributed by atoms with Crippen molar-refractivity contribution >= 4 is 44.2 Å². The summed E-state index contributed by atoms with van der Waals surface area (Å²) in [6.07, 6.45) is 1.60. The Morgan fingerprint density at radius 1 is 1.03 bits per heavy atom. The molecule has 3 aromatic rings. The predicted octanol–water partition coefficient (Wildman–Crippen LogP) is 4.16. The summed E-state index contributed by atoms with van der Waals surface area (Å²) in [6, 6.07) is 19.5. The molecular weight excluding hydrogens is 416 g/mol. The molecule has 0 radical (unpaired) electrons. The van der Waals surface area contributed by atoms with Gasteiger partial charge in [-0.15, -0.1) is 11.8 Å². The fourth-order valence-electron chi connectivity index (χ4n) is 3.68. The van der Waals surface area contributed by atoms with E-state index in [2.05, 4.69) is 24.3 Å². The van der Waals surface area contributed by atoms with Gasteiger partial charge < -0.3 is 4.90 Å². The number of sulfonamides is 1. The van der Waals surface area contributed by atoms with Gasteiger partial charge in [-0.3, -0.25) is 4.79 Å². The monoisotopic (exact) mass is 440 g/mol. The topological polar surface area (TPSA) is 57.7 Å². The molecule has 0 atom stereocenters. The Labute approximate surface area is 181 Å². The Morgan fingerprint density at radius 3 is 2.57 bits per heavy atom. The summed E-state index contributed by atoms with van der Waals surface area (Å²) in [5.41, 5.74) is 1.73. The summed E-state index contributed by atoms with van der Waals surface area (Å²) < 4.78 is 26.1. The first-order chi connectivity index (χ1) is 14.4. The van der Waals surface area contributed by atoms with Crippen LogP contribution in [0.15, 0.2) is 70.5 Å². The number of benzene rings is 3. The van der Waals surface area contributed by atoms with E-state index >= 15 is 0 Å². The molecule has 0 unspecified atom stereocenters. The van der Waals surface area contributed by atoms with Crippen molar-refractivity contribution < 1.29 is 13.2 Å². The number of nitrogens with zero attached hydrogens (tertiary/aromatic N) is 2. The maximum atomic E-state index is 13.0. The smallest absolute Gasteiger partial charge is 0.242 e. The molecule has 0 bridgehead atoms. The third-order valence-corrected chi connectivity index (χ3v) is 8.12. The molecule has 7 heteroatoms. The van der Waals surface area contributed by atoms with Crippen LogP contribution < -0.4 is 4.90 Å². The second-order valence-corrected chi connectivity index (χ2v) is 10.7. The molecule has 1 heterocycles. The zero-order valence-corrected chi connectivity index (χ0v) is 18.7. The molecule has 0 aliphatic carbocycles. The normalized spacial score (nSPS) is 14.2. The maximum Gasteiger partial charge on any atom is 0.242 e. The zero-order chi connectivity index (χ0) is 21.3. The van der Waals surface area contributed by atoms with Gasteiger partial charge in [0.1, 0.15) is 0 Å². The van der Waals surface area contributed by atoms with Crippen molar-refractivity contribution in [2.75, 3.05) is 31.3 Å². The summed E-state index contributed by atoms with van der Waals surface area (Å²) in [7, 11) is -0.442. The fourth-order valence-corrected chi connectivity index (χ4v) is 5.46. The van der Waals surface area contributed by atoms with E-state index < -0.39 is 10.0 Å². The van der Waals surface area contributed by atoms with Gasteiger partial charge >= 0.3 is 0 Å². The van der Waals surface area contributed by atoms with Gasteiger partial charge in [-0.05, 0) is 59.5 Å². The lowest BCUT2D eigenvalue weighted by molar-refractivity contribution is -0.116. The lowest BCUT2D eigenvalue weighted by atomic mass is 10.0. The molecule has 0 saturated heterocycles. The van der Waals surface area contributed by atoms with Crippen molar-refractivity contribution in [1.82, 2.24) is 4.31 Å². The maximum absolute atomic E-state index is 13.0. The first-order valence-electron chi connectivity index (χ1n) is 9.84. The fraction of sp³-hybridized carbons (Fsp3) is 0.261. The van der Waals surface area contributed by atoms with Crippen LogP contribution in [0.4, 0.5) is 5.69 Å². The number of anilines is 1. The molecule has 3 aromatic carbocycles. The van der Waals surface area contributed by atoms with Gasteiger partial charge in [0.05, 0.1) is 10.6 Å². The van der Waals surface area contributed by atoms with E-state index in [0.29, 0.717) is 12.3 Å². The minimum atomic E-state index is -3.49. The highest BCUT2D eigenvalue weighted by atomic mass is 32.2. The number of hydrogen-bond acceptors (Lipinski definition) is 4. The molecule has 0 saturated carbocycles. The highest BCUT2D eigenvalue weighted by Crippen LogP contribution is 2.31. The molecule has 0 fully saturated rings. The van der Waals surface area contributed by atoms with Crippen LogP contribution in [-0.4, -0.2) is 45.0 Å². The molecule has 156 valence electrons. The second-order valence-electron chi connectivity index (χ2n) is 7.52. The van der Waals surface area contributed by atoms with E-state index in [0.717, 1.165) is 34.4 Å². The van der Waals surface area contributed by atoms with Crippen molar-refractivity contribution in [3.8, 4) is 0 Å². The first kappa shape index (κ1) is 20.9. The number of carbonyl (C=O) groups is 1.